The number of benzene rings is 2. The highest BCUT2D eigenvalue weighted by atomic mass is 127. The van der Waals surface area contributed by atoms with E-state index >= 15 is 0 Å². The molecule has 0 unspecified atom stereocenters. The summed E-state index contributed by atoms with van der Waals surface area (Å²) in [5.41, 5.74) is 1.48. The zero-order valence-corrected chi connectivity index (χ0v) is 15.4. The monoisotopic (exact) mass is 437 g/mol. The SMILES string of the molecule is CC(=O)c1ccc(NC(=O)[C@H](C)OC(=O)c2ccc(I)cc2)cc1. The average Bonchev–Trinajstić information content (AvgIpc) is 2.55. The van der Waals surface area contributed by atoms with E-state index in [9.17, 15) is 14.4 Å². The minimum absolute atomic E-state index is 0.0484. The highest BCUT2D eigenvalue weighted by Crippen LogP contribution is 2.12. The van der Waals surface area contributed by atoms with Gasteiger partial charge in [0.2, 0.25) is 0 Å². The van der Waals surface area contributed by atoms with E-state index in [0.29, 0.717) is 16.8 Å². The number of amides is 1. The highest BCUT2D eigenvalue weighted by Gasteiger charge is 2.19. The summed E-state index contributed by atoms with van der Waals surface area (Å²) in [7, 11) is 0. The van der Waals surface area contributed by atoms with Crippen molar-refractivity contribution in [2.24, 2.45) is 0 Å². The molecule has 0 saturated carbocycles. The van der Waals surface area contributed by atoms with E-state index in [-0.39, 0.29) is 5.78 Å². The first-order valence-corrected chi connectivity index (χ1v) is 8.33. The van der Waals surface area contributed by atoms with E-state index in [1.54, 1.807) is 48.5 Å². The number of carbonyl (C=O) groups excluding carboxylic acids is 3. The van der Waals surface area contributed by atoms with Gasteiger partial charge in [-0.25, -0.2) is 4.79 Å². The first-order valence-electron chi connectivity index (χ1n) is 7.25. The minimum Gasteiger partial charge on any atom is -0.449 e. The molecule has 0 aliphatic heterocycles. The predicted molar refractivity (Wildman–Crippen MR) is 99.1 cm³/mol. The molecular weight excluding hydrogens is 421 g/mol. The maximum absolute atomic E-state index is 12.1. The van der Waals surface area contributed by atoms with Gasteiger partial charge in [0.25, 0.3) is 5.91 Å². The molecule has 0 aromatic heterocycles. The zero-order valence-electron chi connectivity index (χ0n) is 13.2. The lowest BCUT2D eigenvalue weighted by atomic mass is 10.1. The number of hydrogen-bond donors (Lipinski definition) is 1. The summed E-state index contributed by atoms with van der Waals surface area (Å²) in [6, 6.07) is 13.4. The average molecular weight is 437 g/mol. The number of rotatable bonds is 5. The van der Waals surface area contributed by atoms with Crippen molar-refractivity contribution in [3.05, 3.63) is 63.2 Å². The van der Waals surface area contributed by atoms with Gasteiger partial charge in [0.05, 0.1) is 5.56 Å². The Balaban J connectivity index is 1.95. The van der Waals surface area contributed by atoms with Gasteiger partial charge in [-0.3, -0.25) is 9.59 Å². The molecule has 1 atom stereocenters. The number of nitrogens with one attached hydrogen (secondary N) is 1. The second-order valence-electron chi connectivity index (χ2n) is 5.18. The molecule has 0 heterocycles. The molecule has 0 aliphatic carbocycles. The molecule has 0 spiro atoms. The van der Waals surface area contributed by atoms with Gasteiger partial charge in [0.1, 0.15) is 0 Å². The topological polar surface area (TPSA) is 72.5 Å². The van der Waals surface area contributed by atoms with Gasteiger partial charge in [0.15, 0.2) is 11.9 Å². The van der Waals surface area contributed by atoms with Crippen LogP contribution in [0.15, 0.2) is 48.5 Å². The van der Waals surface area contributed by atoms with Gasteiger partial charge in [-0.1, -0.05) is 0 Å². The maximum atomic E-state index is 12.1. The second-order valence-corrected chi connectivity index (χ2v) is 6.42. The van der Waals surface area contributed by atoms with Crippen molar-refractivity contribution in [3.8, 4) is 0 Å². The summed E-state index contributed by atoms with van der Waals surface area (Å²) >= 11 is 2.14. The summed E-state index contributed by atoms with van der Waals surface area (Å²) in [6.45, 7) is 2.98. The van der Waals surface area contributed by atoms with Crippen LogP contribution in [0.4, 0.5) is 5.69 Å². The third-order valence-electron chi connectivity index (χ3n) is 3.29. The third-order valence-corrected chi connectivity index (χ3v) is 4.01. The number of esters is 1. The van der Waals surface area contributed by atoms with E-state index in [0.717, 1.165) is 3.57 Å². The molecule has 24 heavy (non-hydrogen) atoms. The van der Waals surface area contributed by atoms with E-state index in [2.05, 4.69) is 27.9 Å². The van der Waals surface area contributed by atoms with Crippen LogP contribution >= 0.6 is 22.6 Å². The second kappa shape index (κ2) is 8.05. The summed E-state index contributed by atoms with van der Waals surface area (Å²) in [5.74, 6) is -1.04. The molecule has 1 N–H and O–H groups in total. The summed E-state index contributed by atoms with van der Waals surface area (Å²) < 4.78 is 6.17. The van der Waals surface area contributed by atoms with Gasteiger partial charge in [-0.2, -0.15) is 0 Å². The molecule has 5 nitrogen and oxygen atoms in total. The van der Waals surface area contributed by atoms with Crippen molar-refractivity contribution < 1.29 is 19.1 Å². The Labute approximate surface area is 153 Å². The zero-order chi connectivity index (χ0) is 17.7. The van der Waals surface area contributed by atoms with Crippen molar-refractivity contribution >= 4 is 45.9 Å². The van der Waals surface area contributed by atoms with Crippen molar-refractivity contribution in [2.45, 2.75) is 20.0 Å². The Bertz CT molecular complexity index is 754. The van der Waals surface area contributed by atoms with Gasteiger partial charge in [0, 0.05) is 14.8 Å². The number of halogens is 1. The quantitative estimate of drug-likeness (QED) is 0.440. The van der Waals surface area contributed by atoms with Crippen LogP contribution in [0.25, 0.3) is 0 Å². The van der Waals surface area contributed by atoms with Crippen LogP contribution in [0.3, 0.4) is 0 Å². The number of ether oxygens (including phenoxy) is 1. The Kier molecular flexibility index (Phi) is 6.08. The lowest BCUT2D eigenvalue weighted by Crippen LogP contribution is -2.30. The number of ketones is 1. The molecular formula is C18H16INO4. The first kappa shape index (κ1) is 18.1. The van der Waals surface area contributed by atoms with Gasteiger partial charge < -0.3 is 10.1 Å². The Morgan fingerprint density at radius 2 is 1.50 bits per heavy atom. The smallest absolute Gasteiger partial charge is 0.338 e. The highest BCUT2D eigenvalue weighted by molar-refractivity contribution is 14.1. The van der Waals surface area contributed by atoms with Crippen LogP contribution in [-0.4, -0.2) is 23.8 Å². The maximum Gasteiger partial charge on any atom is 0.338 e. The standard InChI is InChI=1S/C18H16INO4/c1-11(21)13-5-9-16(10-6-13)20-17(22)12(2)24-18(23)14-3-7-15(19)8-4-14/h3-10,12H,1-2H3,(H,20,22)/t12-/m0/s1. The molecule has 0 aliphatic rings. The molecule has 2 aromatic rings. The lowest BCUT2D eigenvalue weighted by molar-refractivity contribution is -0.123. The molecule has 0 saturated heterocycles. The molecule has 124 valence electrons. The minimum atomic E-state index is -0.940. The van der Waals surface area contributed by atoms with Crippen LogP contribution in [0.2, 0.25) is 0 Å². The molecule has 6 heteroatoms. The van der Waals surface area contributed by atoms with Crippen molar-refractivity contribution in [3.63, 3.8) is 0 Å². The van der Waals surface area contributed by atoms with E-state index < -0.39 is 18.0 Å². The van der Waals surface area contributed by atoms with E-state index in [4.69, 9.17) is 4.74 Å². The third kappa shape index (κ3) is 4.89. The van der Waals surface area contributed by atoms with Crippen LogP contribution in [-0.2, 0) is 9.53 Å². The fourth-order valence-corrected chi connectivity index (χ4v) is 2.26. The molecule has 1 amide bonds. The van der Waals surface area contributed by atoms with Crippen molar-refractivity contribution in [1.29, 1.82) is 0 Å². The normalized spacial score (nSPS) is 11.5. The molecule has 2 rings (SSSR count). The summed E-state index contributed by atoms with van der Waals surface area (Å²) in [4.78, 5) is 35.3. The van der Waals surface area contributed by atoms with E-state index in [1.165, 1.54) is 13.8 Å². The lowest BCUT2D eigenvalue weighted by Gasteiger charge is -2.13. The molecule has 0 fully saturated rings. The summed E-state index contributed by atoms with van der Waals surface area (Å²) in [6.07, 6.45) is -0.940. The van der Waals surface area contributed by atoms with Crippen molar-refractivity contribution in [1.82, 2.24) is 0 Å². The van der Waals surface area contributed by atoms with Crippen molar-refractivity contribution in [2.75, 3.05) is 5.32 Å². The number of hydrogen-bond acceptors (Lipinski definition) is 4. The van der Waals surface area contributed by atoms with Crippen LogP contribution in [0.5, 0.6) is 0 Å². The predicted octanol–water partition coefficient (Wildman–Crippen LogP) is 3.68. The molecule has 2 aromatic carbocycles. The number of carbonyl (C=O) groups is 3. The number of anilines is 1. The van der Waals surface area contributed by atoms with Crippen LogP contribution in [0, 0.1) is 3.57 Å². The number of Topliss-reactive ketones (excluding diaryl/α,β-unsaturated/α-hetero) is 1. The fraction of sp³-hybridized carbons (Fsp3) is 0.167. The molecule has 0 radical (unpaired) electrons. The Morgan fingerprint density at radius 3 is 2.04 bits per heavy atom. The molecule has 0 bridgehead atoms. The van der Waals surface area contributed by atoms with Crippen LogP contribution in [0.1, 0.15) is 34.6 Å². The largest absolute Gasteiger partial charge is 0.449 e. The van der Waals surface area contributed by atoms with Gasteiger partial charge >= 0.3 is 5.97 Å². The van der Waals surface area contributed by atoms with Gasteiger partial charge in [-0.05, 0) is 85.0 Å². The van der Waals surface area contributed by atoms with Gasteiger partial charge in [-0.15, -0.1) is 0 Å². The van der Waals surface area contributed by atoms with Crippen LogP contribution < -0.4 is 5.32 Å². The fourth-order valence-electron chi connectivity index (χ4n) is 1.90. The summed E-state index contributed by atoms with van der Waals surface area (Å²) in [5, 5.41) is 2.65. The van der Waals surface area contributed by atoms with E-state index in [1.807, 2.05) is 0 Å². The first-order chi connectivity index (χ1) is 11.4. The Morgan fingerprint density at radius 1 is 0.958 bits per heavy atom. The Hall–Kier alpha value is -2.22.